The Morgan fingerprint density at radius 2 is 2.27 bits per heavy atom. The van der Waals surface area contributed by atoms with Crippen LogP contribution in [0, 0.1) is 5.92 Å². The number of thioether (sulfide) groups is 1. The lowest BCUT2D eigenvalue weighted by Gasteiger charge is -2.12. The van der Waals surface area contributed by atoms with E-state index in [0.717, 1.165) is 11.2 Å². The van der Waals surface area contributed by atoms with E-state index in [1.54, 1.807) is 4.91 Å². The quantitative estimate of drug-likeness (QED) is 0.595. The van der Waals surface area contributed by atoms with Crippen LogP contribution in [0.1, 0.15) is 19.8 Å². The Labute approximate surface area is 72.6 Å². The maximum Gasteiger partial charge on any atom is 0.0167 e. The lowest BCUT2D eigenvalue weighted by Crippen LogP contribution is -2.14. The van der Waals surface area contributed by atoms with Crippen LogP contribution in [0.3, 0.4) is 0 Å². The normalized spacial score (nSPS) is 37.7. The Morgan fingerprint density at radius 1 is 1.45 bits per heavy atom. The maximum absolute atomic E-state index is 3.45. The molecule has 0 saturated carbocycles. The second kappa shape index (κ2) is 3.20. The van der Waals surface area contributed by atoms with Gasteiger partial charge in [0, 0.05) is 5.25 Å². The molecule has 0 aliphatic carbocycles. The molecule has 2 heterocycles. The minimum atomic E-state index is 0.870. The zero-order chi connectivity index (χ0) is 7.68. The highest BCUT2D eigenvalue weighted by Gasteiger charge is 2.27. The highest BCUT2D eigenvalue weighted by Crippen LogP contribution is 2.39. The van der Waals surface area contributed by atoms with E-state index in [9.17, 15) is 0 Å². The summed E-state index contributed by atoms with van der Waals surface area (Å²) in [5, 5.41) is 4.34. The van der Waals surface area contributed by atoms with Gasteiger partial charge in [-0.2, -0.15) is 0 Å². The Balaban J connectivity index is 2.04. The van der Waals surface area contributed by atoms with Crippen LogP contribution < -0.4 is 5.32 Å². The van der Waals surface area contributed by atoms with Gasteiger partial charge in [-0.05, 0) is 43.7 Å². The van der Waals surface area contributed by atoms with E-state index in [2.05, 4.69) is 30.1 Å². The first-order valence-electron chi connectivity index (χ1n) is 4.42. The molecule has 1 saturated heterocycles. The van der Waals surface area contributed by atoms with Gasteiger partial charge in [0.05, 0.1) is 0 Å². The molecule has 1 fully saturated rings. The summed E-state index contributed by atoms with van der Waals surface area (Å²) in [7, 11) is 0. The van der Waals surface area contributed by atoms with E-state index in [1.165, 1.54) is 25.9 Å². The van der Waals surface area contributed by atoms with Crippen molar-refractivity contribution in [1.82, 2.24) is 5.32 Å². The molecule has 11 heavy (non-hydrogen) atoms. The van der Waals surface area contributed by atoms with E-state index in [4.69, 9.17) is 0 Å². The molecule has 0 aromatic rings. The molecule has 0 aromatic carbocycles. The Kier molecular flexibility index (Phi) is 2.23. The third-order valence-electron chi connectivity index (χ3n) is 2.52. The lowest BCUT2D eigenvalue weighted by atomic mass is 10.0. The average molecular weight is 169 g/mol. The molecule has 1 N–H and O–H groups in total. The third-order valence-corrected chi connectivity index (χ3v) is 3.92. The van der Waals surface area contributed by atoms with Crippen LogP contribution in [0.4, 0.5) is 0 Å². The first-order chi connectivity index (χ1) is 5.36. The summed E-state index contributed by atoms with van der Waals surface area (Å²) >= 11 is 2.08. The molecule has 2 heteroatoms. The molecule has 2 aliphatic heterocycles. The lowest BCUT2D eigenvalue weighted by molar-refractivity contribution is 0.598. The summed E-state index contributed by atoms with van der Waals surface area (Å²) in [6, 6.07) is 0. The number of hydrogen-bond donors (Lipinski definition) is 1. The monoisotopic (exact) mass is 169 g/mol. The third kappa shape index (κ3) is 1.62. The Hall–Kier alpha value is 0.0500. The topological polar surface area (TPSA) is 12.0 Å². The molecular formula is C9H15NS. The van der Waals surface area contributed by atoms with Crippen LogP contribution in [-0.4, -0.2) is 18.3 Å². The fourth-order valence-corrected chi connectivity index (χ4v) is 3.31. The zero-order valence-corrected chi connectivity index (χ0v) is 7.79. The summed E-state index contributed by atoms with van der Waals surface area (Å²) in [4.78, 5) is 1.54. The Morgan fingerprint density at radius 3 is 3.18 bits per heavy atom. The number of hydrogen-bond acceptors (Lipinski definition) is 2. The average Bonchev–Trinajstić information content (AvgIpc) is 2.17. The van der Waals surface area contributed by atoms with Gasteiger partial charge in [-0.25, -0.2) is 0 Å². The van der Waals surface area contributed by atoms with Gasteiger partial charge in [0.1, 0.15) is 0 Å². The fourth-order valence-electron chi connectivity index (χ4n) is 1.95. The fraction of sp³-hybridized carbons (Fsp3) is 0.778. The minimum Gasteiger partial charge on any atom is -0.317 e. The van der Waals surface area contributed by atoms with Crippen molar-refractivity contribution in [3.63, 3.8) is 0 Å². The van der Waals surface area contributed by atoms with E-state index in [-0.39, 0.29) is 0 Å². The summed E-state index contributed by atoms with van der Waals surface area (Å²) in [5.74, 6) is 0.870. The second-order valence-electron chi connectivity index (χ2n) is 3.42. The minimum absolute atomic E-state index is 0.870. The van der Waals surface area contributed by atoms with Crippen molar-refractivity contribution in [1.29, 1.82) is 0 Å². The standard InChI is InChI=1S/C9H15NS/c1-7-6-8-2-4-10-5-3-9(8)11-7/h6,8-10H,2-5H2,1H3. The molecule has 0 spiro atoms. The molecule has 0 radical (unpaired) electrons. The number of nitrogens with one attached hydrogen (secondary N) is 1. The SMILES string of the molecule is CC1=CC2CCNCCC2S1. The van der Waals surface area contributed by atoms with Gasteiger partial charge < -0.3 is 5.32 Å². The van der Waals surface area contributed by atoms with E-state index < -0.39 is 0 Å². The van der Waals surface area contributed by atoms with E-state index in [1.807, 2.05) is 0 Å². The largest absolute Gasteiger partial charge is 0.317 e. The van der Waals surface area contributed by atoms with Crippen LogP contribution in [0.15, 0.2) is 11.0 Å². The molecule has 0 bridgehead atoms. The summed E-state index contributed by atoms with van der Waals surface area (Å²) in [6.07, 6.45) is 5.15. The van der Waals surface area contributed by atoms with E-state index >= 15 is 0 Å². The number of fused-ring (bicyclic) bond motifs is 1. The first-order valence-corrected chi connectivity index (χ1v) is 5.30. The van der Waals surface area contributed by atoms with Gasteiger partial charge in [-0.15, -0.1) is 11.8 Å². The molecule has 0 amide bonds. The van der Waals surface area contributed by atoms with E-state index in [0.29, 0.717) is 0 Å². The van der Waals surface area contributed by atoms with Crippen LogP contribution in [0.2, 0.25) is 0 Å². The van der Waals surface area contributed by atoms with Gasteiger partial charge in [-0.3, -0.25) is 0 Å². The molecule has 0 aromatic heterocycles. The first kappa shape index (κ1) is 7.69. The second-order valence-corrected chi connectivity index (χ2v) is 4.91. The predicted molar refractivity (Wildman–Crippen MR) is 50.7 cm³/mol. The molecule has 2 aliphatic rings. The number of allylic oxidation sites excluding steroid dienone is 2. The van der Waals surface area contributed by atoms with Crippen molar-refractivity contribution in [3.8, 4) is 0 Å². The predicted octanol–water partition coefficient (Wildman–Crippen LogP) is 2.01. The summed E-state index contributed by atoms with van der Waals surface area (Å²) in [6.45, 7) is 4.67. The van der Waals surface area contributed by atoms with Gasteiger partial charge in [0.15, 0.2) is 0 Å². The van der Waals surface area contributed by atoms with Gasteiger partial charge >= 0.3 is 0 Å². The molecule has 2 rings (SSSR count). The molecule has 62 valence electrons. The smallest absolute Gasteiger partial charge is 0.0167 e. The van der Waals surface area contributed by atoms with Crippen LogP contribution in [0.25, 0.3) is 0 Å². The van der Waals surface area contributed by atoms with Crippen molar-refractivity contribution in [2.24, 2.45) is 5.92 Å². The van der Waals surface area contributed by atoms with Gasteiger partial charge in [0.2, 0.25) is 0 Å². The summed E-state index contributed by atoms with van der Waals surface area (Å²) in [5.41, 5.74) is 0. The van der Waals surface area contributed by atoms with Crippen LogP contribution in [0.5, 0.6) is 0 Å². The number of rotatable bonds is 0. The highest BCUT2D eigenvalue weighted by molar-refractivity contribution is 8.03. The maximum atomic E-state index is 3.45. The van der Waals surface area contributed by atoms with Crippen molar-refractivity contribution in [3.05, 3.63) is 11.0 Å². The molecule has 2 unspecified atom stereocenters. The van der Waals surface area contributed by atoms with Gasteiger partial charge in [0.25, 0.3) is 0 Å². The zero-order valence-electron chi connectivity index (χ0n) is 6.97. The van der Waals surface area contributed by atoms with Crippen LogP contribution >= 0.6 is 11.8 Å². The van der Waals surface area contributed by atoms with Crippen molar-refractivity contribution in [2.45, 2.75) is 25.0 Å². The van der Waals surface area contributed by atoms with Crippen molar-refractivity contribution >= 4 is 11.8 Å². The summed E-state index contributed by atoms with van der Waals surface area (Å²) < 4.78 is 0. The van der Waals surface area contributed by atoms with Gasteiger partial charge in [-0.1, -0.05) is 6.08 Å². The highest BCUT2D eigenvalue weighted by atomic mass is 32.2. The van der Waals surface area contributed by atoms with Crippen molar-refractivity contribution < 1.29 is 0 Å². The van der Waals surface area contributed by atoms with Crippen molar-refractivity contribution in [2.75, 3.05) is 13.1 Å². The Bertz CT molecular complexity index is 176. The molecular weight excluding hydrogens is 154 g/mol. The molecule has 1 nitrogen and oxygen atoms in total. The van der Waals surface area contributed by atoms with Crippen LogP contribution in [-0.2, 0) is 0 Å². The molecule has 2 atom stereocenters.